The summed E-state index contributed by atoms with van der Waals surface area (Å²) < 4.78 is 10.7. The number of nitrogens with one attached hydrogen (secondary N) is 2. The summed E-state index contributed by atoms with van der Waals surface area (Å²) in [4.78, 5) is 26.5. The Morgan fingerprint density at radius 2 is 1.71 bits per heavy atom. The Labute approximate surface area is 178 Å². The largest absolute Gasteiger partial charge is 0.493 e. The van der Waals surface area contributed by atoms with Crippen molar-refractivity contribution in [3.8, 4) is 28.4 Å². The molecule has 2 aromatic carbocycles. The lowest BCUT2D eigenvalue weighted by atomic mass is 10.1. The van der Waals surface area contributed by atoms with Crippen LogP contribution in [0.2, 0.25) is 0 Å². The third-order valence-corrected chi connectivity index (χ3v) is 4.61. The Kier molecular flexibility index (Phi) is 5.79. The van der Waals surface area contributed by atoms with E-state index in [2.05, 4.69) is 20.8 Å². The molecule has 0 fully saturated rings. The smallest absolute Gasteiger partial charge is 0.352 e. The van der Waals surface area contributed by atoms with Gasteiger partial charge < -0.3 is 19.6 Å². The van der Waals surface area contributed by atoms with Crippen molar-refractivity contribution in [2.75, 3.05) is 19.5 Å². The number of ether oxygens (including phenoxy) is 2. The van der Waals surface area contributed by atoms with E-state index < -0.39 is 6.03 Å². The summed E-state index contributed by atoms with van der Waals surface area (Å²) in [6.45, 7) is 0. The lowest BCUT2D eigenvalue weighted by molar-refractivity contribution is 0.190. The average Bonchev–Trinajstić information content (AvgIpc) is 2.82. The fourth-order valence-electron chi connectivity index (χ4n) is 3.15. The summed E-state index contributed by atoms with van der Waals surface area (Å²) in [6.07, 6.45) is 5.02. The zero-order valence-electron chi connectivity index (χ0n) is 17.0. The van der Waals surface area contributed by atoms with Gasteiger partial charge in [0.1, 0.15) is 0 Å². The van der Waals surface area contributed by atoms with Crippen LogP contribution in [0.5, 0.6) is 17.2 Å². The molecule has 4 rings (SSSR count). The summed E-state index contributed by atoms with van der Waals surface area (Å²) in [5.74, 6) is 1.50. The second kappa shape index (κ2) is 9.00. The Balaban J connectivity index is 1.52. The van der Waals surface area contributed by atoms with Gasteiger partial charge in [0.15, 0.2) is 17.2 Å². The topological polar surface area (TPSA) is 94.6 Å². The molecule has 0 saturated heterocycles. The molecule has 0 aliphatic rings. The van der Waals surface area contributed by atoms with Gasteiger partial charge in [-0.2, -0.15) is 5.48 Å². The molecule has 0 saturated carbocycles. The first-order valence-corrected chi connectivity index (χ1v) is 9.43. The van der Waals surface area contributed by atoms with Crippen LogP contribution in [0.4, 0.5) is 10.5 Å². The number of methoxy groups -OCH3 is 2. The van der Waals surface area contributed by atoms with Gasteiger partial charge in [-0.15, -0.1) is 0 Å². The van der Waals surface area contributed by atoms with Crippen LogP contribution in [-0.2, 0) is 0 Å². The van der Waals surface area contributed by atoms with E-state index in [0.717, 1.165) is 11.1 Å². The number of urea groups is 1. The van der Waals surface area contributed by atoms with Crippen molar-refractivity contribution in [2.24, 2.45) is 0 Å². The van der Waals surface area contributed by atoms with Gasteiger partial charge in [-0.3, -0.25) is 9.97 Å². The van der Waals surface area contributed by atoms with Crippen molar-refractivity contribution in [1.29, 1.82) is 0 Å². The molecular weight excluding hydrogens is 396 g/mol. The second-order valence-corrected chi connectivity index (χ2v) is 6.48. The van der Waals surface area contributed by atoms with Crippen LogP contribution in [0.1, 0.15) is 0 Å². The number of benzene rings is 2. The lowest BCUT2D eigenvalue weighted by Crippen LogP contribution is -2.31. The SMILES string of the molecule is COc1cc2nccc(ONC(=O)Nc3ccccc3-c3cccnc3)c2cc1OC. The summed E-state index contributed by atoms with van der Waals surface area (Å²) in [6, 6.07) is 15.8. The molecule has 4 aromatic rings. The molecule has 8 heteroatoms. The van der Waals surface area contributed by atoms with E-state index in [1.807, 2.05) is 30.3 Å². The van der Waals surface area contributed by atoms with Crippen molar-refractivity contribution in [2.45, 2.75) is 0 Å². The van der Waals surface area contributed by atoms with Crippen molar-refractivity contribution in [3.05, 3.63) is 73.2 Å². The van der Waals surface area contributed by atoms with E-state index in [9.17, 15) is 4.79 Å². The second-order valence-electron chi connectivity index (χ2n) is 6.48. The van der Waals surface area contributed by atoms with Crippen LogP contribution < -0.4 is 25.1 Å². The Morgan fingerprint density at radius 1 is 0.903 bits per heavy atom. The molecule has 0 atom stereocenters. The molecule has 0 aliphatic carbocycles. The van der Waals surface area contributed by atoms with E-state index >= 15 is 0 Å². The number of pyridine rings is 2. The van der Waals surface area contributed by atoms with Gasteiger partial charge >= 0.3 is 6.03 Å². The zero-order chi connectivity index (χ0) is 21.6. The highest BCUT2D eigenvalue weighted by molar-refractivity contribution is 5.94. The first kappa shape index (κ1) is 20.0. The summed E-state index contributed by atoms with van der Waals surface area (Å²) in [7, 11) is 3.10. The molecule has 2 aromatic heterocycles. The minimum atomic E-state index is -0.526. The number of para-hydroxylation sites is 1. The minimum absolute atomic E-state index is 0.418. The number of hydroxylamine groups is 1. The number of aromatic nitrogens is 2. The van der Waals surface area contributed by atoms with Gasteiger partial charge in [-0.1, -0.05) is 24.3 Å². The number of nitrogens with zero attached hydrogens (tertiary/aromatic N) is 2. The third kappa shape index (κ3) is 4.32. The maximum Gasteiger partial charge on any atom is 0.352 e. The predicted molar refractivity (Wildman–Crippen MR) is 117 cm³/mol. The fourth-order valence-corrected chi connectivity index (χ4v) is 3.15. The zero-order valence-corrected chi connectivity index (χ0v) is 17.0. The van der Waals surface area contributed by atoms with Crippen LogP contribution in [0.15, 0.2) is 73.2 Å². The summed E-state index contributed by atoms with van der Waals surface area (Å²) >= 11 is 0. The van der Waals surface area contributed by atoms with Gasteiger partial charge in [0.05, 0.1) is 25.4 Å². The fraction of sp³-hybridized carbons (Fsp3) is 0.0870. The molecule has 2 N–H and O–H groups in total. The van der Waals surface area contributed by atoms with E-state index in [1.54, 1.807) is 57.1 Å². The van der Waals surface area contributed by atoms with Gasteiger partial charge in [0, 0.05) is 47.2 Å². The number of fused-ring (bicyclic) bond motifs is 1. The van der Waals surface area contributed by atoms with Crippen LogP contribution in [0, 0.1) is 0 Å². The monoisotopic (exact) mass is 416 g/mol. The maximum atomic E-state index is 12.5. The number of hydrogen-bond donors (Lipinski definition) is 2. The normalized spacial score (nSPS) is 10.4. The predicted octanol–water partition coefficient (Wildman–Crippen LogP) is 4.43. The van der Waals surface area contributed by atoms with Crippen LogP contribution in [0.25, 0.3) is 22.0 Å². The lowest BCUT2D eigenvalue weighted by Gasteiger charge is -2.14. The molecule has 2 amide bonds. The molecule has 0 aliphatic heterocycles. The van der Waals surface area contributed by atoms with E-state index in [0.29, 0.717) is 33.8 Å². The highest BCUT2D eigenvalue weighted by Gasteiger charge is 2.13. The highest BCUT2D eigenvalue weighted by atomic mass is 16.7. The number of carbonyl (C=O) groups excluding carboxylic acids is 1. The van der Waals surface area contributed by atoms with Crippen molar-refractivity contribution >= 4 is 22.6 Å². The van der Waals surface area contributed by atoms with Gasteiger partial charge in [0.25, 0.3) is 0 Å². The Hall–Kier alpha value is -4.33. The summed E-state index contributed by atoms with van der Waals surface area (Å²) in [5.41, 5.74) is 5.42. The summed E-state index contributed by atoms with van der Waals surface area (Å²) in [5, 5.41) is 3.47. The molecular formula is C23H20N4O4. The number of hydrogen-bond acceptors (Lipinski definition) is 6. The molecule has 0 bridgehead atoms. The number of rotatable bonds is 6. The molecule has 0 unspecified atom stereocenters. The molecule has 156 valence electrons. The number of anilines is 1. The quantitative estimate of drug-likeness (QED) is 0.452. The van der Waals surface area contributed by atoms with Gasteiger partial charge in [-0.25, -0.2) is 4.79 Å². The first-order chi connectivity index (χ1) is 15.2. The number of carbonyl (C=O) groups is 1. The van der Waals surface area contributed by atoms with Crippen LogP contribution in [0.3, 0.4) is 0 Å². The molecule has 8 nitrogen and oxygen atoms in total. The number of amides is 2. The van der Waals surface area contributed by atoms with Crippen molar-refractivity contribution in [1.82, 2.24) is 15.4 Å². The van der Waals surface area contributed by atoms with E-state index in [-0.39, 0.29) is 0 Å². The highest BCUT2D eigenvalue weighted by Crippen LogP contribution is 2.35. The van der Waals surface area contributed by atoms with Crippen LogP contribution in [-0.4, -0.2) is 30.2 Å². The van der Waals surface area contributed by atoms with Crippen LogP contribution >= 0.6 is 0 Å². The molecule has 0 spiro atoms. The van der Waals surface area contributed by atoms with Crippen molar-refractivity contribution < 1.29 is 19.1 Å². The van der Waals surface area contributed by atoms with E-state index in [1.165, 1.54) is 0 Å². The minimum Gasteiger partial charge on any atom is -0.493 e. The molecule has 31 heavy (non-hydrogen) atoms. The van der Waals surface area contributed by atoms with E-state index in [4.69, 9.17) is 14.3 Å². The third-order valence-electron chi connectivity index (χ3n) is 4.61. The first-order valence-electron chi connectivity index (χ1n) is 9.43. The molecule has 2 heterocycles. The molecule has 0 radical (unpaired) electrons. The Morgan fingerprint density at radius 3 is 2.48 bits per heavy atom. The van der Waals surface area contributed by atoms with Crippen molar-refractivity contribution in [3.63, 3.8) is 0 Å². The average molecular weight is 416 g/mol. The standard InChI is InChI=1S/C23H20N4O4/c1-29-21-12-17-19(13-22(21)30-2)25-11-9-20(17)31-27-23(28)26-18-8-4-3-7-16(18)15-6-5-10-24-14-15/h3-14H,1-2H3,(H2,26,27,28). The Bertz CT molecular complexity index is 1210. The van der Waals surface area contributed by atoms with Gasteiger partial charge in [0.2, 0.25) is 0 Å². The van der Waals surface area contributed by atoms with Gasteiger partial charge in [-0.05, 0) is 18.2 Å². The maximum absolute atomic E-state index is 12.5.